The summed E-state index contributed by atoms with van der Waals surface area (Å²) in [6.45, 7) is 1.08. The Morgan fingerprint density at radius 3 is 2.10 bits per heavy atom. The molecular formula is C21H25ClN2O4S2. The molecule has 1 amide bonds. The number of nitrogens with one attached hydrogen (secondary N) is 1. The Kier molecular flexibility index (Phi) is 7.14. The number of hydrogen-bond donors (Lipinski definition) is 2. The fourth-order valence-corrected chi connectivity index (χ4v) is 6.74. The third kappa shape index (κ3) is 4.38. The lowest BCUT2D eigenvalue weighted by Gasteiger charge is -2.39. The lowest BCUT2D eigenvalue weighted by atomic mass is 9.94. The summed E-state index contributed by atoms with van der Waals surface area (Å²) in [5, 5.41) is 9.28. The first kappa shape index (κ1) is 23.1. The molecule has 0 radical (unpaired) electrons. The number of rotatable bonds is 6. The number of halogens is 1. The Balaban J connectivity index is 0.00000256. The van der Waals surface area contributed by atoms with Crippen molar-refractivity contribution < 1.29 is 18.4 Å². The maximum atomic E-state index is 13.5. The normalized spacial score (nSPS) is 19.0. The van der Waals surface area contributed by atoms with E-state index in [1.54, 1.807) is 41.5 Å². The average molecular weight is 469 g/mol. The fraction of sp³-hybridized carbons (Fsp3) is 0.381. The molecule has 2 N–H and O–H groups in total. The van der Waals surface area contributed by atoms with Crippen molar-refractivity contribution in [3.63, 3.8) is 0 Å². The maximum absolute atomic E-state index is 13.5. The van der Waals surface area contributed by atoms with Crippen LogP contribution in [0, 0.1) is 0 Å². The smallest absolute Gasteiger partial charge is 0.265 e. The first-order chi connectivity index (χ1) is 14.0. The van der Waals surface area contributed by atoms with E-state index in [1.165, 1.54) is 0 Å². The zero-order valence-corrected chi connectivity index (χ0v) is 18.8. The molecule has 0 unspecified atom stereocenters. The molecule has 1 heterocycles. The zero-order chi connectivity index (χ0) is 20.5. The van der Waals surface area contributed by atoms with Gasteiger partial charge in [0.05, 0.1) is 4.90 Å². The minimum atomic E-state index is -3.96. The number of carbonyl (C=O) groups excluding carboxylic acids is 1. The predicted octanol–water partition coefficient (Wildman–Crippen LogP) is 3.54. The number of hydrogen-bond acceptors (Lipinski definition) is 6. The molecule has 6 nitrogen and oxygen atoms in total. The second kappa shape index (κ2) is 9.28. The van der Waals surface area contributed by atoms with Gasteiger partial charge in [-0.15, -0.1) is 12.4 Å². The molecule has 2 aromatic rings. The fourth-order valence-electron chi connectivity index (χ4n) is 3.95. The highest BCUT2D eigenvalue weighted by atomic mass is 35.5. The van der Waals surface area contributed by atoms with Gasteiger partial charge in [-0.2, -0.15) is 0 Å². The van der Waals surface area contributed by atoms with Gasteiger partial charge in [0.25, 0.3) is 5.91 Å². The van der Waals surface area contributed by atoms with Gasteiger partial charge in [-0.25, -0.2) is 13.9 Å². The van der Waals surface area contributed by atoms with Gasteiger partial charge in [-0.3, -0.25) is 10.0 Å². The van der Waals surface area contributed by atoms with Gasteiger partial charge >= 0.3 is 0 Å². The van der Waals surface area contributed by atoms with Gasteiger partial charge in [-0.1, -0.05) is 30.0 Å². The second-order valence-corrected chi connectivity index (χ2v) is 11.0. The summed E-state index contributed by atoms with van der Waals surface area (Å²) in [4.78, 5) is 16.9. The van der Waals surface area contributed by atoms with E-state index in [4.69, 9.17) is 0 Å². The van der Waals surface area contributed by atoms with Crippen molar-refractivity contribution in [3.05, 3.63) is 54.6 Å². The van der Waals surface area contributed by atoms with Crippen LogP contribution in [-0.4, -0.2) is 48.3 Å². The monoisotopic (exact) mass is 468 g/mol. The second-order valence-electron chi connectivity index (χ2n) is 7.59. The highest BCUT2D eigenvalue weighted by Gasteiger charge is 2.53. The highest BCUT2D eigenvalue weighted by molar-refractivity contribution is 7.99. The minimum absolute atomic E-state index is 0. The number of piperidine rings is 1. The van der Waals surface area contributed by atoms with Crippen LogP contribution < -0.4 is 5.48 Å². The summed E-state index contributed by atoms with van der Waals surface area (Å²) in [5.41, 5.74) is 1.61. The van der Waals surface area contributed by atoms with Crippen LogP contribution in [0.3, 0.4) is 0 Å². The van der Waals surface area contributed by atoms with Gasteiger partial charge in [-0.05, 0) is 62.1 Å². The summed E-state index contributed by atoms with van der Waals surface area (Å²) in [6, 6.07) is 17.0. The minimum Gasteiger partial charge on any atom is -0.300 e. The summed E-state index contributed by atoms with van der Waals surface area (Å²) in [7, 11) is -3.96. The van der Waals surface area contributed by atoms with Crippen LogP contribution in [0.1, 0.15) is 25.7 Å². The van der Waals surface area contributed by atoms with E-state index >= 15 is 0 Å². The van der Waals surface area contributed by atoms with Crippen molar-refractivity contribution in [2.24, 2.45) is 0 Å². The van der Waals surface area contributed by atoms with E-state index in [1.807, 2.05) is 30.3 Å². The molecule has 1 saturated heterocycles. The van der Waals surface area contributed by atoms with Crippen LogP contribution in [0.15, 0.2) is 69.3 Å². The lowest BCUT2D eigenvalue weighted by molar-refractivity contribution is -0.133. The van der Waals surface area contributed by atoms with Crippen molar-refractivity contribution in [1.82, 2.24) is 10.4 Å². The molecule has 2 fully saturated rings. The molecule has 0 atom stereocenters. The quantitative estimate of drug-likeness (QED) is 0.498. The van der Waals surface area contributed by atoms with E-state index in [2.05, 4.69) is 4.90 Å². The topological polar surface area (TPSA) is 86.7 Å². The van der Waals surface area contributed by atoms with E-state index < -0.39 is 20.5 Å². The van der Waals surface area contributed by atoms with Crippen LogP contribution in [-0.2, 0) is 14.6 Å². The SMILES string of the molecule is Cl.O=C(NO)C1(S(=O)(=O)c2ccc(Sc3ccccc3)cc2)CCN(C2CC2)CC1. The molecule has 30 heavy (non-hydrogen) atoms. The molecule has 9 heteroatoms. The Morgan fingerprint density at radius 1 is 1.00 bits per heavy atom. The van der Waals surface area contributed by atoms with E-state index in [9.17, 15) is 18.4 Å². The Morgan fingerprint density at radius 2 is 1.57 bits per heavy atom. The molecular weight excluding hydrogens is 444 g/mol. The van der Waals surface area contributed by atoms with Gasteiger partial charge in [0, 0.05) is 28.9 Å². The summed E-state index contributed by atoms with van der Waals surface area (Å²) < 4.78 is 25.3. The molecule has 2 aromatic carbocycles. The summed E-state index contributed by atoms with van der Waals surface area (Å²) >= 11 is 1.54. The number of likely N-dealkylation sites (tertiary alicyclic amines) is 1. The van der Waals surface area contributed by atoms with E-state index in [0.29, 0.717) is 19.1 Å². The van der Waals surface area contributed by atoms with Gasteiger partial charge in [0.15, 0.2) is 14.6 Å². The van der Waals surface area contributed by atoms with Crippen LogP contribution >= 0.6 is 24.2 Å². The number of sulfone groups is 1. The van der Waals surface area contributed by atoms with Gasteiger partial charge < -0.3 is 4.90 Å². The third-order valence-electron chi connectivity index (χ3n) is 5.81. The predicted molar refractivity (Wildman–Crippen MR) is 118 cm³/mol. The number of amides is 1. The summed E-state index contributed by atoms with van der Waals surface area (Å²) in [6.07, 6.45) is 2.62. The van der Waals surface area contributed by atoms with Crippen LogP contribution in [0.4, 0.5) is 0 Å². The van der Waals surface area contributed by atoms with Crippen molar-refractivity contribution in [3.8, 4) is 0 Å². The highest BCUT2D eigenvalue weighted by Crippen LogP contribution is 2.39. The van der Waals surface area contributed by atoms with E-state index in [-0.39, 0.29) is 30.1 Å². The molecule has 0 spiro atoms. The first-order valence-electron chi connectivity index (χ1n) is 9.72. The van der Waals surface area contributed by atoms with Crippen LogP contribution in [0.2, 0.25) is 0 Å². The first-order valence-corrected chi connectivity index (χ1v) is 12.0. The number of carbonyl (C=O) groups is 1. The number of nitrogens with zero attached hydrogens (tertiary/aromatic N) is 1. The molecule has 0 bridgehead atoms. The van der Waals surface area contributed by atoms with Crippen molar-refractivity contribution in [2.75, 3.05) is 13.1 Å². The van der Waals surface area contributed by atoms with Gasteiger partial charge in [0.2, 0.25) is 0 Å². The van der Waals surface area contributed by atoms with Crippen molar-refractivity contribution in [2.45, 2.75) is 51.2 Å². The van der Waals surface area contributed by atoms with E-state index in [0.717, 1.165) is 22.6 Å². The molecule has 1 aliphatic heterocycles. The summed E-state index contributed by atoms with van der Waals surface area (Å²) in [5.74, 6) is -0.837. The lowest BCUT2D eigenvalue weighted by Crippen LogP contribution is -2.58. The van der Waals surface area contributed by atoms with Gasteiger partial charge in [0.1, 0.15) is 0 Å². The Bertz CT molecular complexity index is 972. The number of benzene rings is 2. The standard InChI is InChI=1S/C21H24N2O4S2.ClH/c24-20(22-25)21(12-14-23(15-13-21)16-6-7-16)29(26,27)19-10-8-18(9-11-19)28-17-4-2-1-3-5-17;/h1-5,8-11,16,25H,6-7,12-15H2,(H,22,24);1H. The van der Waals surface area contributed by atoms with Crippen LogP contribution in [0.5, 0.6) is 0 Å². The molecule has 1 aliphatic carbocycles. The number of hydroxylamine groups is 1. The average Bonchev–Trinajstić information content (AvgIpc) is 3.60. The molecule has 0 aromatic heterocycles. The maximum Gasteiger partial charge on any atom is 0.265 e. The molecule has 2 aliphatic rings. The third-order valence-corrected chi connectivity index (χ3v) is 9.34. The largest absolute Gasteiger partial charge is 0.300 e. The van der Waals surface area contributed by atoms with Crippen molar-refractivity contribution in [1.29, 1.82) is 0 Å². The molecule has 4 rings (SSSR count). The van der Waals surface area contributed by atoms with Crippen LogP contribution in [0.25, 0.3) is 0 Å². The molecule has 162 valence electrons. The Labute approximate surface area is 187 Å². The molecule has 1 saturated carbocycles. The van der Waals surface area contributed by atoms with Crippen molar-refractivity contribution >= 4 is 39.9 Å². The zero-order valence-electron chi connectivity index (χ0n) is 16.4. The Hall–Kier alpha value is -1.58.